The van der Waals surface area contributed by atoms with Crippen molar-refractivity contribution in [1.29, 1.82) is 0 Å². The monoisotopic (exact) mass is 445 g/mol. The first kappa shape index (κ1) is 22.6. The van der Waals surface area contributed by atoms with Crippen LogP contribution in [0.5, 0.6) is 0 Å². The van der Waals surface area contributed by atoms with E-state index in [1.807, 2.05) is 5.43 Å². The highest BCUT2D eigenvalue weighted by Gasteiger charge is 2.40. The van der Waals surface area contributed by atoms with E-state index in [2.05, 4.69) is 24.9 Å². The molecule has 0 bridgehead atoms. The first-order chi connectivity index (χ1) is 14.0. The highest BCUT2D eigenvalue weighted by atomic mass is 32.2. The van der Waals surface area contributed by atoms with E-state index in [0.717, 1.165) is 13.3 Å². The van der Waals surface area contributed by atoms with Crippen LogP contribution in [0, 0.1) is 0 Å². The highest BCUT2D eigenvalue weighted by Crippen LogP contribution is 2.26. The molecule has 0 unspecified atom stereocenters. The third-order valence-electron chi connectivity index (χ3n) is 3.28. The van der Waals surface area contributed by atoms with Crippen molar-refractivity contribution < 1.29 is 35.9 Å². The number of rotatable bonds is 7. The molecule has 2 heterocycles. The number of sulfonamides is 1. The number of halogens is 3. The minimum atomic E-state index is -5.09. The Balaban J connectivity index is 2.02. The zero-order valence-corrected chi connectivity index (χ0v) is 15.9. The first-order valence-electron chi connectivity index (χ1n) is 7.85. The molecular weight excluding hydrogens is 431 g/mol. The number of aromatic nitrogens is 2. The van der Waals surface area contributed by atoms with Crippen LogP contribution >= 0.6 is 0 Å². The molecule has 3 N–H and O–H groups in total. The molecular formula is C16H14F3N5O5S. The van der Waals surface area contributed by atoms with Gasteiger partial charge in [0.15, 0.2) is 0 Å². The number of nitrogens with zero attached hydrogens (tertiary/aromatic N) is 2. The topological polar surface area (TPSA) is 139 Å². The molecule has 2 aromatic rings. The number of carbonyl (C=O) groups is 2. The third kappa shape index (κ3) is 6.16. The van der Waals surface area contributed by atoms with Gasteiger partial charge in [0.05, 0.1) is 23.9 Å². The summed E-state index contributed by atoms with van der Waals surface area (Å²) in [4.78, 5) is 30.3. The maximum Gasteiger partial charge on any atom is 0.423 e. The minimum absolute atomic E-state index is 0.0183. The molecule has 2 aromatic heterocycles. The molecule has 0 aliphatic heterocycles. The molecule has 160 valence electrons. The predicted molar refractivity (Wildman–Crippen MR) is 97.2 cm³/mol. The molecule has 0 spiro atoms. The van der Waals surface area contributed by atoms with E-state index in [-0.39, 0.29) is 22.5 Å². The van der Waals surface area contributed by atoms with Gasteiger partial charge in [0.25, 0.3) is 15.9 Å². The van der Waals surface area contributed by atoms with E-state index in [1.54, 1.807) is 0 Å². The van der Waals surface area contributed by atoms with Crippen LogP contribution in [0.2, 0.25) is 0 Å². The number of esters is 1. The van der Waals surface area contributed by atoms with Crippen molar-refractivity contribution in [2.24, 2.45) is 0 Å². The number of hydrogen-bond donors (Lipinski definition) is 3. The molecule has 0 saturated heterocycles. The summed E-state index contributed by atoms with van der Waals surface area (Å²) in [5.41, 5.74) is 2.41. The lowest BCUT2D eigenvalue weighted by Gasteiger charge is -2.11. The van der Waals surface area contributed by atoms with Crippen LogP contribution < -0.4 is 15.6 Å². The van der Waals surface area contributed by atoms with Crippen LogP contribution in [0.15, 0.2) is 59.4 Å². The van der Waals surface area contributed by atoms with Crippen molar-refractivity contribution >= 4 is 33.4 Å². The number of hydrazine groups is 1. The summed E-state index contributed by atoms with van der Waals surface area (Å²) in [6.07, 6.45) is -1.34. The SMILES string of the molecule is COC(=O)C(=CC(=O)NNc1ccc(NS(=O)(=O)c2ccncc2)cn1)C(F)(F)F. The Labute approximate surface area is 168 Å². The Hall–Kier alpha value is -3.68. The molecule has 2 rings (SSSR count). The van der Waals surface area contributed by atoms with Gasteiger partial charge in [-0.1, -0.05) is 0 Å². The lowest BCUT2D eigenvalue weighted by molar-refractivity contribution is -0.148. The fourth-order valence-corrected chi connectivity index (χ4v) is 2.95. The number of carbonyl (C=O) groups excluding carboxylic acids is 2. The number of alkyl halides is 3. The maximum atomic E-state index is 12.7. The average Bonchev–Trinajstić information content (AvgIpc) is 2.70. The van der Waals surface area contributed by atoms with Crippen molar-refractivity contribution in [2.45, 2.75) is 11.1 Å². The van der Waals surface area contributed by atoms with Crippen LogP contribution in [-0.4, -0.2) is 43.5 Å². The summed E-state index contributed by atoms with van der Waals surface area (Å²) in [7, 11) is -3.13. The molecule has 0 fully saturated rings. The fraction of sp³-hybridized carbons (Fsp3) is 0.125. The Morgan fingerprint density at radius 3 is 2.33 bits per heavy atom. The largest absolute Gasteiger partial charge is 0.465 e. The summed E-state index contributed by atoms with van der Waals surface area (Å²) in [5.74, 6) is -3.03. The number of nitrogens with one attached hydrogen (secondary N) is 3. The van der Waals surface area contributed by atoms with Crippen LogP contribution in [-0.2, 0) is 24.3 Å². The van der Waals surface area contributed by atoms with E-state index in [0.29, 0.717) is 0 Å². The van der Waals surface area contributed by atoms with Crippen molar-refractivity contribution in [3.05, 3.63) is 54.5 Å². The molecule has 1 amide bonds. The number of ether oxygens (including phenoxy) is 1. The van der Waals surface area contributed by atoms with Crippen LogP contribution in [0.1, 0.15) is 0 Å². The van der Waals surface area contributed by atoms with Gasteiger partial charge in [-0.2, -0.15) is 13.2 Å². The van der Waals surface area contributed by atoms with Gasteiger partial charge in [0.1, 0.15) is 11.4 Å². The standard InChI is InChI=1S/C16H14F3N5O5S/c1-29-15(26)12(16(17,18)19)8-14(25)23-22-13-3-2-10(9-21-13)24-30(27,28)11-4-6-20-7-5-11/h2-9,24H,1H3,(H,21,22)(H,23,25). The first-order valence-corrected chi connectivity index (χ1v) is 9.33. The number of methoxy groups -OCH3 is 1. The Bertz CT molecular complexity index is 1040. The summed E-state index contributed by atoms with van der Waals surface area (Å²) < 4.78 is 68.9. The molecule has 0 aromatic carbocycles. The maximum absolute atomic E-state index is 12.7. The van der Waals surface area contributed by atoms with E-state index < -0.39 is 33.6 Å². The quantitative estimate of drug-likeness (QED) is 0.330. The van der Waals surface area contributed by atoms with E-state index in [4.69, 9.17) is 0 Å². The molecule has 0 aliphatic rings. The zero-order valence-electron chi connectivity index (χ0n) is 15.1. The van der Waals surface area contributed by atoms with E-state index >= 15 is 0 Å². The van der Waals surface area contributed by atoms with Crippen molar-refractivity contribution in [3.8, 4) is 0 Å². The smallest absolute Gasteiger partial charge is 0.423 e. The second-order valence-electron chi connectivity index (χ2n) is 5.38. The molecule has 0 saturated carbocycles. The number of amides is 1. The molecule has 14 heteroatoms. The van der Waals surface area contributed by atoms with Gasteiger partial charge in [-0.15, -0.1) is 0 Å². The second-order valence-corrected chi connectivity index (χ2v) is 7.06. The number of pyridine rings is 2. The third-order valence-corrected chi connectivity index (χ3v) is 4.67. The lowest BCUT2D eigenvalue weighted by atomic mass is 10.2. The van der Waals surface area contributed by atoms with E-state index in [9.17, 15) is 31.2 Å². The summed E-state index contributed by atoms with van der Waals surface area (Å²) in [5, 5.41) is 0. The number of anilines is 2. The highest BCUT2D eigenvalue weighted by molar-refractivity contribution is 7.92. The zero-order chi connectivity index (χ0) is 22.4. The van der Waals surface area contributed by atoms with Crippen molar-refractivity contribution in [3.63, 3.8) is 0 Å². The molecule has 0 aliphatic carbocycles. The lowest BCUT2D eigenvalue weighted by Crippen LogP contribution is -2.31. The van der Waals surface area contributed by atoms with Gasteiger partial charge in [0, 0.05) is 18.5 Å². The summed E-state index contributed by atoms with van der Waals surface area (Å²) in [6, 6.07) is 5.13. The normalized spacial score (nSPS) is 12.1. The van der Waals surface area contributed by atoms with Crippen LogP contribution in [0.25, 0.3) is 0 Å². The van der Waals surface area contributed by atoms with Gasteiger partial charge >= 0.3 is 12.1 Å². The van der Waals surface area contributed by atoms with Crippen molar-refractivity contribution in [1.82, 2.24) is 15.4 Å². The molecule has 0 radical (unpaired) electrons. The predicted octanol–water partition coefficient (Wildman–Crippen LogP) is 1.38. The van der Waals surface area contributed by atoms with Gasteiger partial charge in [-0.05, 0) is 24.3 Å². The van der Waals surface area contributed by atoms with E-state index in [1.165, 1.54) is 36.7 Å². The van der Waals surface area contributed by atoms with Gasteiger partial charge in [-0.25, -0.2) is 18.2 Å². The van der Waals surface area contributed by atoms with Gasteiger partial charge in [0.2, 0.25) is 0 Å². The molecule has 10 nitrogen and oxygen atoms in total. The average molecular weight is 445 g/mol. The molecule has 0 atom stereocenters. The Morgan fingerprint density at radius 2 is 1.80 bits per heavy atom. The Kier molecular flexibility index (Phi) is 6.94. The minimum Gasteiger partial charge on any atom is -0.465 e. The summed E-state index contributed by atoms with van der Waals surface area (Å²) in [6.45, 7) is 0. The fourth-order valence-electron chi connectivity index (χ4n) is 1.92. The van der Waals surface area contributed by atoms with Crippen LogP contribution in [0.3, 0.4) is 0 Å². The van der Waals surface area contributed by atoms with Gasteiger partial charge < -0.3 is 4.74 Å². The number of hydrogen-bond acceptors (Lipinski definition) is 8. The Morgan fingerprint density at radius 1 is 1.13 bits per heavy atom. The second kappa shape index (κ2) is 9.21. The van der Waals surface area contributed by atoms with Crippen LogP contribution in [0.4, 0.5) is 24.7 Å². The molecule has 30 heavy (non-hydrogen) atoms. The summed E-state index contributed by atoms with van der Waals surface area (Å²) >= 11 is 0. The van der Waals surface area contributed by atoms with Crippen molar-refractivity contribution in [2.75, 3.05) is 17.3 Å². The van der Waals surface area contributed by atoms with Gasteiger partial charge in [-0.3, -0.25) is 25.4 Å².